The number of anilines is 1. The first kappa shape index (κ1) is 20.7. The van der Waals surface area contributed by atoms with E-state index in [1.54, 1.807) is 12.1 Å². The number of halogens is 2. The van der Waals surface area contributed by atoms with Crippen LogP contribution in [0, 0.1) is 0 Å². The summed E-state index contributed by atoms with van der Waals surface area (Å²) in [6, 6.07) is 4.66. The van der Waals surface area contributed by atoms with Gasteiger partial charge in [-0.05, 0) is 31.0 Å². The summed E-state index contributed by atoms with van der Waals surface area (Å²) in [5.41, 5.74) is 0.436. The molecule has 7 heteroatoms. The van der Waals surface area contributed by atoms with Gasteiger partial charge in [0.15, 0.2) is 0 Å². The smallest absolute Gasteiger partial charge is 0.313 e. The average Bonchev–Trinajstić information content (AvgIpc) is 2.55. The van der Waals surface area contributed by atoms with Crippen LogP contribution >= 0.6 is 23.2 Å². The van der Waals surface area contributed by atoms with Crippen molar-refractivity contribution in [2.24, 2.45) is 0 Å². The van der Waals surface area contributed by atoms with Crippen LogP contribution in [0.15, 0.2) is 18.2 Å². The van der Waals surface area contributed by atoms with Gasteiger partial charge in [0.1, 0.15) is 0 Å². The van der Waals surface area contributed by atoms with Crippen molar-refractivity contribution in [2.75, 3.05) is 31.5 Å². The Labute approximate surface area is 153 Å². The summed E-state index contributed by atoms with van der Waals surface area (Å²) in [5.74, 6) is -1.35. The molecular formula is C17H26Cl2N3O2+. The predicted molar refractivity (Wildman–Crippen MR) is 98.9 cm³/mol. The van der Waals surface area contributed by atoms with Gasteiger partial charge in [-0.2, -0.15) is 0 Å². The van der Waals surface area contributed by atoms with E-state index in [-0.39, 0.29) is 0 Å². The SMILES string of the molecule is CCC[NH+](CCC)CCCNC(=O)C(=O)Nc1ccc(Cl)c(Cl)c1. The van der Waals surface area contributed by atoms with Crippen molar-refractivity contribution in [3.63, 3.8) is 0 Å². The van der Waals surface area contributed by atoms with Gasteiger partial charge in [-0.15, -0.1) is 0 Å². The zero-order chi connectivity index (χ0) is 17.9. The normalized spacial score (nSPS) is 10.7. The molecule has 2 amide bonds. The van der Waals surface area contributed by atoms with Gasteiger partial charge in [-0.1, -0.05) is 37.0 Å². The molecule has 0 radical (unpaired) electrons. The molecule has 0 bridgehead atoms. The fourth-order valence-corrected chi connectivity index (χ4v) is 2.76. The molecule has 0 saturated heterocycles. The van der Waals surface area contributed by atoms with E-state index in [1.807, 2.05) is 0 Å². The molecule has 0 aromatic heterocycles. The lowest BCUT2D eigenvalue weighted by atomic mass is 10.3. The maximum atomic E-state index is 11.8. The summed E-state index contributed by atoms with van der Waals surface area (Å²) in [6.07, 6.45) is 3.14. The van der Waals surface area contributed by atoms with Crippen LogP contribution in [0.25, 0.3) is 0 Å². The van der Waals surface area contributed by atoms with E-state index in [0.29, 0.717) is 22.3 Å². The molecule has 134 valence electrons. The van der Waals surface area contributed by atoms with Gasteiger partial charge in [-0.25, -0.2) is 0 Å². The van der Waals surface area contributed by atoms with Gasteiger partial charge >= 0.3 is 11.8 Å². The molecule has 0 fully saturated rings. The van der Waals surface area contributed by atoms with Gasteiger partial charge < -0.3 is 15.5 Å². The topological polar surface area (TPSA) is 62.6 Å². The molecule has 0 heterocycles. The average molecular weight is 375 g/mol. The van der Waals surface area contributed by atoms with Gasteiger partial charge in [0.2, 0.25) is 0 Å². The molecule has 1 aromatic carbocycles. The lowest BCUT2D eigenvalue weighted by Crippen LogP contribution is -3.12. The number of carbonyl (C=O) groups is 2. The number of quaternary nitrogens is 1. The van der Waals surface area contributed by atoms with Crippen LogP contribution in [-0.2, 0) is 9.59 Å². The van der Waals surface area contributed by atoms with Crippen molar-refractivity contribution in [3.8, 4) is 0 Å². The number of amides is 2. The van der Waals surface area contributed by atoms with Crippen LogP contribution in [0.1, 0.15) is 33.1 Å². The minimum absolute atomic E-state index is 0.324. The Balaban J connectivity index is 2.33. The van der Waals surface area contributed by atoms with Gasteiger partial charge in [-0.3, -0.25) is 9.59 Å². The summed E-state index contributed by atoms with van der Waals surface area (Å²) in [6.45, 7) is 8.11. The minimum atomic E-state index is -0.709. The first-order chi connectivity index (χ1) is 11.5. The second-order valence-electron chi connectivity index (χ2n) is 5.69. The Hall–Kier alpha value is -1.30. The first-order valence-electron chi connectivity index (χ1n) is 8.35. The molecule has 0 aliphatic carbocycles. The predicted octanol–water partition coefficient (Wildman–Crippen LogP) is 2.14. The molecular weight excluding hydrogens is 349 g/mol. The van der Waals surface area contributed by atoms with Crippen molar-refractivity contribution >= 4 is 40.7 Å². The number of hydrogen-bond donors (Lipinski definition) is 3. The van der Waals surface area contributed by atoms with Crippen LogP contribution in [0.2, 0.25) is 10.0 Å². The van der Waals surface area contributed by atoms with Gasteiger partial charge in [0.25, 0.3) is 0 Å². The van der Waals surface area contributed by atoms with Crippen LogP contribution in [-0.4, -0.2) is 38.0 Å². The molecule has 0 saturated carbocycles. The van der Waals surface area contributed by atoms with Gasteiger partial charge in [0.05, 0.1) is 29.7 Å². The summed E-state index contributed by atoms with van der Waals surface area (Å²) in [7, 11) is 0. The monoisotopic (exact) mass is 374 g/mol. The lowest BCUT2D eigenvalue weighted by molar-refractivity contribution is -0.900. The van der Waals surface area contributed by atoms with E-state index in [2.05, 4.69) is 24.5 Å². The molecule has 0 atom stereocenters. The van der Waals surface area contributed by atoms with E-state index < -0.39 is 11.8 Å². The Morgan fingerprint density at radius 3 is 2.25 bits per heavy atom. The Kier molecular flexibility index (Phi) is 9.76. The molecule has 1 aromatic rings. The van der Waals surface area contributed by atoms with Crippen LogP contribution < -0.4 is 15.5 Å². The van der Waals surface area contributed by atoms with Crippen molar-refractivity contribution in [3.05, 3.63) is 28.2 Å². The number of nitrogens with one attached hydrogen (secondary N) is 3. The highest BCUT2D eigenvalue weighted by atomic mass is 35.5. The first-order valence-corrected chi connectivity index (χ1v) is 9.11. The van der Waals surface area contributed by atoms with Crippen LogP contribution in [0.3, 0.4) is 0 Å². The summed E-state index contributed by atoms with van der Waals surface area (Å²) in [5, 5.41) is 5.86. The Bertz CT molecular complexity index is 547. The van der Waals surface area contributed by atoms with Crippen molar-refractivity contribution < 1.29 is 14.5 Å². The van der Waals surface area contributed by atoms with E-state index in [1.165, 1.54) is 11.0 Å². The van der Waals surface area contributed by atoms with Crippen molar-refractivity contribution in [2.45, 2.75) is 33.1 Å². The van der Waals surface area contributed by atoms with E-state index in [4.69, 9.17) is 23.2 Å². The number of rotatable bonds is 9. The maximum absolute atomic E-state index is 11.8. The molecule has 0 aliphatic rings. The number of hydrogen-bond acceptors (Lipinski definition) is 2. The maximum Gasteiger partial charge on any atom is 0.313 e. The molecule has 0 spiro atoms. The zero-order valence-electron chi connectivity index (χ0n) is 14.3. The molecule has 0 aliphatic heterocycles. The highest BCUT2D eigenvalue weighted by Gasteiger charge is 2.14. The number of benzene rings is 1. The van der Waals surface area contributed by atoms with Crippen molar-refractivity contribution in [1.29, 1.82) is 0 Å². The minimum Gasteiger partial charge on any atom is -0.348 e. The fourth-order valence-electron chi connectivity index (χ4n) is 2.46. The second-order valence-corrected chi connectivity index (χ2v) is 6.51. The lowest BCUT2D eigenvalue weighted by Gasteiger charge is -2.18. The van der Waals surface area contributed by atoms with E-state index in [9.17, 15) is 9.59 Å². The van der Waals surface area contributed by atoms with Gasteiger partial charge in [0, 0.05) is 18.7 Å². The molecule has 5 nitrogen and oxygen atoms in total. The summed E-state index contributed by atoms with van der Waals surface area (Å²) in [4.78, 5) is 25.2. The quantitative estimate of drug-likeness (QED) is 0.458. The largest absolute Gasteiger partial charge is 0.348 e. The van der Waals surface area contributed by atoms with Crippen molar-refractivity contribution in [1.82, 2.24) is 5.32 Å². The van der Waals surface area contributed by atoms with E-state index in [0.717, 1.165) is 38.9 Å². The Morgan fingerprint density at radius 1 is 1.00 bits per heavy atom. The molecule has 1 rings (SSSR count). The highest BCUT2D eigenvalue weighted by Crippen LogP contribution is 2.24. The van der Waals surface area contributed by atoms with Crippen LogP contribution in [0.5, 0.6) is 0 Å². The summed E-state index contributed by atoms with van der Waals surface area (Å²) < 4.78 is 0. The van der Waals surface area contributed by atoms with E-state index >= 15 is 0 Å². The third-order valence-electron chi connectivity index (χ3n) is 3.58. The molecule has 0 unspecified atom stereocenters. The number of carbonyl (C=O) groups excluding carboxylic acids is 2. The summed E-state index contributed by atoms with van der Waals surface area (Å²) >= 11 is 11.7. The third kappa shape index (κ3) is 7.51. The Morgan fingerprint density at radius 2 is 1.67 bits per heavy atom. The molecule has 24 heavy (non-hydrogen) atoms. The van der Waals surface area contributed by atoms with Crippen LogP contribution in [0.4, 0.5) is 5.69 Å². The second kappa shape index (κ2) is 11.3. The third-order valence-corrected chi connectivity index (χ3v) is 4.32. The standard InChI is InChI=1S/C17H25Cl2N3O2/c1-3-9-22(10-4-2)11-5-8-20-16(23)17(24)21-13-6-7-14(18)15(19)12-13/h6-7,12H,3-5,8-11H2,1-2H3,(H,20,23)(H,21,24)/p+1. The molecule has 3 N–H and O–H groups in total. The zero-order valence-corrected chi connectivity index (χ0v) is 15.8. The fraction of sp³-hybridized carbons (Fsp3) is 0.529. The highest BCUT2D eigenvalue weighted by molar-refractivity contribution is 6.42.